The van der Waals surface area contributed by atoms with Crippen molar-refractivity contribution < 1.29 is 14.3 Å². The van der Waals surface area contributed by atoms with Crippen LogP contribution >= 0.6 is 11.8 Å². The number of methoxy groups -OCH3 is 1. The van der Waals surface area contributed by atoms with Gasteiger partial charge in [-0.3, -0.25) is 4.79 Å². The van der Waals surface area contributed by atoms with Crippen LogP contribution < -0.4 is 5.32 Å². The first kappa shape index (κ1) is 17.9. The summed E-state index contributed by atoms with van der Waals surface area (Å²) in [5.74, 6) is 0.0766. The lowest BCUT2D eigenvalue weighted by Gasteiger charge is -2.07. The third kappa shape index (κ3) is 4.61. The number of carbonyl (C=O) groups excluding carboxylic acids is 2. The van der Waals surface area contributed by atoms with Crippen LogP contribution in [0.1, 0.15) is 16.8 Å². The number of rotatable bonds is 6. The molecule has 0 aliphatic heterocycles. The number of benzene rings is 2. The van der Waals surface area contributed by atoms with Gasteiger partial charge in [0, 0.05) is 23.2 Å². The van der Waals surface area contributed by atoms with Crippen molar-refractivity contribution in [3.05, 3.63) is 66.2 Å². The third-order valence-electron chi connectivity index (χ3n) is 3.72. The zero-order valence-corrected chi connectivity index (χ0v) is 15.1. The van der Waals surface area contributed by atoms with E-state index in [2.05, 4.69) is 15.0 Å². The molecule has 0 bridgehead atoms. The summed E-state index contributed by atoms with van der Waals surface area (Å²) in [5.41, 5.74) is 1.92. The molecule has 0 radical (unpaired) electrons. The van der Waals surface area contributed by atoms with Crippen molar-refractivity contribution in [3.8, 4) is 0 Å². The number of thioether (sulfide) groups is 1. The van der Waals surface area contributed by atoms with Crippen molar-refractivity contribution in [2.75, 3.05) is 18.2 Å². The Balaban J connectivity index is 1.53. The van der Waals surface area contributed by atoms with Gasteiger partial charge in [-0.25, -0.2) is 9.78 Å². The largest absolute Gasteiger partial charge is 0.465 e. The Morgan fingerprint density at radius 1 is 1.08 bits per heavy atom. The maximum atomic E-state index is 12.1. The van der Waals surface area contributed by atoms with Gasteiger partial charge in [0.15, 0.2) is 0 Å². The van der Waals surface area contributed by atoms with Crippen molar-refractivity contribution >= 4 is 40.2 Å². The number of aromatic nitrogens is 1. The smallest absolute Gasteiger partial charge is 0.337 e. The minimum absolute atomic E-state index is 0.111. The minimum Gasteiger partial charge on any atom is -0.465 e. The summed E-state index contributed by atoms with van der Waals surface area (Å²) in [5, 5.41) is 4.79. The first-order valence-electron chi connectivity index (χ1n) is 8.12. The minimum atomic E-state index is -0.431. The number of fused-ring (bicyclic) bond motifs is 1. The first-order valence-corrected chi connectivity index (χ1v) is 9.11. The summed E-state index contributed by atoms with van der Waals surface area (Å²) in [6.07, 6.45) is 0.349. The second-order valence-electron chi connectivity index (χ2n) is 5.56. The topological polar surface area (TPSA) is 68.3 Å². The van der Waals surface area contributed by atoms with Crippen molar-refractivity contribution in [3.63, 3.8) is 0 Å². The molecular formula is C20H18N2O3S. The molecule has 0 spiro atoms. The predicted molar refractivity (Wildman–Crippen MR) is 103 cm³/mol. The van der Waals surface area contributed by atoms with Gasteiger partial charge in [0.2, 0.25) is 5.91 Å². The molecular weight excluding hydrogens is 348 g/mol. The molecule has 6 heteroatoms. The molecule has 1 N–H and O–H groups in total. The zero-order valence-electron chi connectivity index (χ0n) is 14.3. The van der Waals surface area contributed by atoms with Crippen LogP contribution in [-0.4, -0.2) is 29.7 Å². The van der Waals surface area contributed by atoms with E-state index in [9.17, 15) is 9.59 Å². The highest BCUT2D eigenvalue weighted by Crippen LogP contribution is 2.21. The summed E-state index contributed by atoms with van der Waals surface area (Å²) in [6, 6.07) is 18.6. The molecule has 0 fully saturated rings. The molecule has 0 unspecified atom stereocenters. The number of amides is 1. The molecule has 26 heavy (non-hydrogen) atoms. The maximum Gasteiger partial charge on any atom is 0.337 e. The summed E-state index contributed by atoms with van der Waals surface area (Å²) < 4.78 is 4.68. The van der Waals surface area contributed by atoms with Gasteiger partial charge in [0.05, 0.1) is 23.2 Å². The molecule has 3 rings (SSSR count). The Hall–Kier alpha value is -2.86. The molecule has 0 atom stereocenters. The molecule has 1 amide bonds. The van der Waals surface area contributed by atoms with Crippen molar-refractivity contribution in [2.24, 2.45) is 0 Å². The normalized spacial score (nSPS) is 10.5. The number of ether oxygens (including phenoxy) is 1. The van der Waals surface area contributed by atoms with Crippen molar-refractivity contribution in [1.82, 2.24) is 4.98 Å². The fraction of sp³-hybridized carbons (Fsp3) is 0.150. The lowest BCUT2D eigenvalue weighted by Crippen LogP contribution is -2.13. The zero-order chi connectivity index (χ0) is 18.4. The van der Waals surface area contributed by atoms with E-state index in [1.807, 2.05) is 36.4 Å². The fourth-order valence-electron chi connectivity index (χ4n) is 2.44. The van der Waals surface area contributed by atoms with Gasteiger partial charge in [-0.05, 0) is 30.3 Å². The van der Waals surface area contributed by atoms with Crippen LogP contribution in [0.3, 0.4) is 0 Å². The van der Waals surface area contributed by atoms with Crippen LogP contribution in [0.15, 0.2) is 65.7 Å². The van der Waals surface area contributed by atoms with Crippen LogP contribution in [0, 0.1) is 0 Å². The highest BCUT2D eigenvalue weighted by molar-refractivity contribution is 7.99. The monoisotopic (exact) mass is 366 g/mol. The van der Waals surface area contributed by atoms with Crippen LogP contribution in [-0.2, 0) is 9.53 Å². The number of esters is 1. The van der Waals surface area contributed by atoms with Crippen molar-refractivity contribution in [2.45, 2.75) is 11.4 Å². The second kappa shape index (κ2) is 8.49. The average Bonchev–Trinajstić information content (AvgIpc) is 2.67. The molecule has 0 aliphatic carbocycles. The molecule has 5 nitrogen and oxygen atoms in total. The molecule has 2 aromatic carbocycles. The second-order valence-corrected chi connectivity index (χ2v) is 6.68. The highest BCUT2D eigenvalue weighted by Gasteiger charge is 2.08. The van der Waals surface area contributed by atoms with Crippen LogP contribution in [0.4, 0.5) is 5.69 Å². The summed E-state index contributed by atoms with van der Waals surface area (Å²) in [6.45, 7) is 0. The van der Waals surface area contributed by atoms with Gasteiger partial charge in [-0.1, -0.05) is 30.3 Å². The molecule has 132 valence electrons. The van der Waals surface area contributed by atoms with E-state index in [1.165, 1.54) is 18.9 Å². The van der Waals surface area contributed by atoms with E-state index in [0.717, 1.165) is 15.9 Å². The number of anilines is 1. The Labute approximate surface area is 155 Å². The van der Waals surface area contributed by atoms with E-state index in [4.69, 9.17) is 0 Å². The van der Waals surface area contributed by atoms with Crippen LogP contribution in [0.2, 0.25) is 0 Å². The quantitative estimate of drug-likeness (QED) is 0.524. The van der Waals surface area contributed by atoms with Crippen LogP contribution in [0.5, 0.6) is 0 Å². The van der Waals surface area contributed by atoms with Gasteiger partial charge in [-0.2, -0.15) is 0 Å². The molecule has 0 aliphatic rings. The van der Waals surface area contributed by atoms with E-state index < -0.39 is 5.97 Å². The van der Waals surface area contributed by atoms with E-state index in [0.29, 0.717) is 23.4 Å². The fourth-order valence-corrected chi connectivity index (χ4v) is 3.27. The molecule has 1 heterocycles. The Morgan fingerprint density at radius 2 is 1.92 bits per heavy atom. The maximum absolute atomic E-state index is 12.1. The van der Waals surface area contributed by atoms with Gasteiger partial charge < -0.3 is 10.1 Å². The Morgan fingerprint density at radius 3 is 2.77 bits per heavy atom. The Kier molecular flexibility index (Phi) is 5.86. The number of hydrogen-bond acceptors (Lipinski definition) is 5. The van der Waals surface area contributed by atoms with Gasteiger partial charge >= 0.3 is 5.97 Å². The van der Waals surface area contributed by atoms with Gasteiger partial charge in [0.25, 0.3) is 0 Å². The van der Waals surface area contributed by atoms with Crippen LogP contribution in [0.25, 0.3) is 10.9 Å². The Bertz CT molecular complexity index is 943. The predicted octanol–water partition coefficient (Wildman–Crippen LogP) is 4.14. The standard InChI is InChI=1S/C20H18N2O3S/c1-25-20(24)15-6-4-7-16(13-15)21-18(23)11-12-26-19-10-9-14-5-2-3-8-17(14)22-19/h2-10,13H,11-12H2,1H3,(H,21,23). The number of para-hydroxylation sites is 1. The van der Waals surface area contributed by atoms with E-state index in [-0.39, 0.29) is 5.91 Å². The summed E-state index contributed by atoms with van der Waals surface area (Å²) in [7, 11) is 1.33. The number of carbonyl (C=O) groups is 2. The number of nitrogens with zero attached hydrogens (tertiary/aromatic N) is 1. The van der Waals surface area contributed by atoms with Gasteiger partial charge in [-0.15, -0.1) is 11.8 Å². The van der Waals surface area contributed by atoms with E-state index in [1.54, 1.807) is 24.3 Å². The lowest BCUT2D eigenvalue weighted by atomic mass is 10.2. The van der Waals surface area contributed by atoms with E-state index >= 15 is 0 Å². The number of pyridine rings is 1. The molecule has 3 aromatic rings. The molecule has 0 saturated carbocycles. The number of hydrogen-bond donors (Lipinski definition) is 1. The summed E-state index contributed by atoms with van der Waals surface area (Å²) >= 11 is 1.54. The molecule has 1 aromatic heterocycles. The molecule has 0 saturated heterocycles. The highest BCUT2D eigenvalue weighted by atomic mass is 32.2. The SMILES string of the molecule is COC(=O)c1cccc(NC(=O)CCSc2ccc3ccccc3n2)c1. The third-order valence-corrected chi connectivity index (χ3v) is 4.65. The average molecular weight is 366 g/mol. The van der Waals surface area contributed by atoms with Crippen molar-refractivity contribution in [1.29, 1.82) is 0 Å². The van der Waals surface area contributed by atoms with Gasteiger partial charge in [0.1, 0.15) is 0 Å². The summed E-state index contributed by atoms with van der Waals surface area (Å²) in [4.78, 5) is 28.2. The first-order chi connectivity index (χ1) is 12.7. The number of nitrogens with one attached hydrogen (secondary N) is 1. The lowest BCUT2D eigenvalue weighted by molar-refractivity contribution is -0.115.